The van der Waals surface area contributed by atoms with Crippen LogP contribution in [0.15, 0.2) is 29.3 Å². The molecule has 10 heteroatoms. The van der Waals surface area contributed by atoms with Crippen molar-refractivity contribution in [2.24, 2.45) is 4.99 Å². The van der Waals surface area contributed by atoms with E-state index in [0.717, 1.165) is 11.9 Å². The van der Waals surface area contributed by atoms with Crippen molar-refractivity contribution in [1.29, 1.82) is 0 Å². The van der Waals surface area contributed by atoms with E-state index >= 15 is 0 Å². The van der Waals surface area contributed by atoms with Crippen LogP contribution in [0.5, 0.6) is 0 Å². The Balaban J connectivity index is 2.22. The lowest BCUT2D eigenvalue weighted by atomic mass is 10.2. The summed E-state index contributed by atoms with van der Waals surface area (Å²) in [5, 5.41) is 6.12. The fourth-order valence-corrected chi connectivity index (χ4v) is 2.28. The Morgan fingerprint density at radius 1 is 1.22 bits per heavy atom. The maximum Gasteiger partial charge on any atom is 0.473 e. The number of hydrogen-bond donors (Lipinski definition) is 2. The molecule has 0 bridgehead atoms. The van der Waals surface area contributed by atoms with Crippen molar-refractivity contribution >= 4 is 28.7 Å². The van der Waals surface area contributed by atoms with Gasteiger partial charge in [0.05, 0.1) is 11.2 Å². The Labute approximate surface area is 154 Å². The maximum atomic E-state index is 12.6. The second-order valence-electron chi connectivity index (χ2n) is 6.12. The summed E-state index contributed by atoms with van der Waals surface area (Å²) in [6.07, 6.45) is -4.41. The number of carbonyl (C=O) groups is 1. The second kappa shape index (κ2) is 8.76. The molecule has 0 radical (unpaired) electrons. The van der Waals surface area contributed by atoms with E-state index in [9.17, 15) is 18.0 Å². The number of halogens is 3. The first-order chi connectivity index (χ1) is 12.7. The number of nitrogens with zero attached hydrogens (tertiary/aromatic N) is 4. The normalized spacial score (nSPS) is 12.5. The number of carbonyl (C=O) groups excluding carboxylic acids is 1. The molecule has 2 N–H and O–H groups in total. The van der Waals surface area contributed by atoms with Gasteiger partial charge in [0.1, 0.15) is 0 Å². The van der Waals surface area contributed by atoms with Gasteiger partial charge in [0.15, 0.2) is 0 Å². The van der Waals surface area contributed by atoms with Gasteiger partial charge < -0.3 is 10.2 Å². The Hall–Kier alpha value is -2.75. The van der Waals surface area contributed by atoms with Crippen molar-refractivity contribution in [2.75, 3.05) is 32.5 Å². The number of aryl methyl sites for hydroxylation is 1. The van der Waals surface area contributed by atoms with Gasteiger partial charge in [-0.2, -0.15) is 18.2 Å². The van der Waals surface area contributed by atoms with Gasteiger partial charge in [-0.3, -0.25) is 10.1 Å². The van der Waals surface area contributed by atoms with Crippen LogP contribution in [0.1, 0.15) is 12.1 Å². The van der Waals surface area contributed by atoms with Gasteiger partial charge in [-0.25, -0.2) is 9.97 Å². The molecule has 0 saturated carbocycles. The highest BCUT2D eigenvalue weighted by molar-refractivity contribution is 6.02. The average Bonchev–Trinajstić information content (AvgIpc) is 2.57. The summed E-state index contributed by atoms with van der Waals surface area (Å²) >= 11 is 0. The molecule has 0 unspecified atom stereocenters. The summed E-state index contributed by atoms with van der Waals surface area (Å²) in [5.74, 6) is -2.49. The summed E-state index contributed by atoms with van der Waals surface area (Å²) in [6, 6.07) is 7.24. The Bertz CT molecular complexity index is 835. The molecular weight excluding hydrogens is 361 g/mol. The summed E-state index contributed by atoms with van der Waals surface area (Å²) in [4.78, 5) is 24.8. The summed E-state index contributed by atoms with van der Waals surface area (Å²) in [6.45, 7) is 2.80. The minimum Gasteiger partial charge on any atom is -0.356 e. The monoisotopic (exact) mass is 382 g/mol. The molecule has 0 aliphatic rings. The smallest absolute Gasteiger partial charge is 0.356 e. The summed E-state index contributed by atoms with van der Waals surface area (Å²) < 4.78 is 37.7. The number of alkyl halides is 3. The Morgan fingerprint density at radius 3 is 2.59 bits per heavy atom. The molecule has 0 aliphatic heterocycles. The minimum atomic E-state index is -5.06. The second-order valence-corrected chi connectivity index (χ2v) is 6.12. The van der Waals surface area contributed by atoms with E-state index < -0.39 is 12.1 Å². The number of amides is 1. The van der Waals surface area contributed by atoms with Crippen molar-refractivity contribution < 1.29 is 18.0 Å². The van der Waals surface area contributed by atoms with Crippen LogP contribution in [-0.4, -0.2) is 60.1 Å². The number of aromatic nitrogens is 2. The first kappa shape index (κ1) is 20.6. The zero-order chi connectivity index (χ0) is 20.0. The van der Waals surface area contributed by atoms with Crippen LogP contribution >= 0.6 is 0 Å². The van der Waals surface area contributed by atoms with Gasteiger partial charge in [0, 0.05) is 11.9 Å². The zero-order valence-electron chi connectivity index (χ0n) is 15.3. The van der Waals surface area contributed by atoms with Gasteiger partial charge in [0.2, 0.25) is 11.9 Å². The van der Waals surface area contributed by atoms with Gasteiger partial charge in [-0.1, -0.05) is 18.2 Å². The molecule has 1 aromatic heterocycles. The van der Waals surface area contributed by atoms with Crippen molar-refractivity contribution in [3.63, 3.8) is 0 Å². The molecule has 1 aromatic carbocycles. The van der Waals surface area contributed by atoms with E-state index in [1.807, 2.05) is 31.1 Å². The van der Waals surface area contributed by atoms with Crippen LogP contribution in [0.4, 0.5) is 19.1 Å². The number of nitrogens with one attached hydrogen (secondary N) is 2. The van der Waals surface area contributed by atoms with Gasteiger partial charge in [-0.15, -0.1) is 0 Å². The fourth-order valence-electron chi connectivity index (χ4n) is 2.28. The molecule has 7 nitrogen and oxygen atoms in total. The van der Waals surface area contributed by atoms with Crippen molar-refractivity contribution in [2.45, 2.75) is 19.5 Å². The van der Waals surface area contributed by atoms with Crippen molar-refractivity contribution in [3.05, 3.63) is 30.0 Å². The molecular formula is C17H21F3N6O. The highest BCUT2D eigenvalue weighted by atomic mass is 19.4. The molecule has 0 atom stereocenters. The van der Waals surface area contributed by atoms with Gasteiger partial charge >= 0.3 is 12.1 Å². The van der Waals surface area contributed by atoms with Gasteiger partial charge in [0.25, 0.3) is 0 Å². The quantitative estimate of drug-likeness (QED) is 0.469. The lowest BCUT2D eigenvalue weighted by molar-refractivity contribution is -0.169. The number of fused-ring (bicyclic) bond motifs is 1. The molecule has 0 spiro atoms. The third kappa shape index (κ3) is 6.17. The molecule has 0 aliphatic carbocycles. The number of rotatable bonds is 5. The molecule has 2 rings (SSSR count). The van der Waals surface area contributed by atoms with Gasteiger partial charge in [-0.05, 0) is 40.1 Å². The van der Waals surface area contributed by atoms with Crippen LogP contribution in [-0.2, 0) is 4.79 Å². The van der Waals surface area contributed by atoms with E-state index in [2.05, 4.69) is 25.6 Å². The van der Waals surface area contributed by atoms with E-state index in [-0.39, 0.29) is 11.9 Å². The highest BCUT2D eigenvalue weighted by Gasteiger charge is 2.39. The maximum absolute atomic E-state index is 12.6. The predicted molar refractivity (Wildman–Crippen MR) is 97.6 cm³/mol. The summed E-state index contributed by atoms with van der Waals surface area (Å²) in [5.41, 5.74) is 1.28. The third-order valence-electron chi connectivity index (χ3n) is 3.55. The average molecular weight is 382 g/mol. The number of hydrogen-bond acceptors (Lipinski definition) is 4. The largest absolute Gasteiger partial charge is 0.473 e. The minimum absolute atomic E-state index is 0.0556. The first-order valence-corrected chi connectivity index (χ1v) is 8.25. The van der Waals surface area contributed by atoms with Crippen LogP contribution in [0.2, 0.25) is 0 Å². The van der Waals surface area contributed by atoms with E-state index in [4.69, 9.17) is 0 Å². The number of benzene rings is 1. The van der Waals surface area contributed by atoms with Crippen molar-refractivity contribution in [1.82, 2.24) is 20.2 Å². The lowest BCUT2D eigenvalue weighted by Crippen LogP contribution is -2.36. The van der Waals surface area contributed by atoms with E-state index in [1.165, 1.54) is 0 Å². The first-order valence-electron chi connectivity index (χ1n) is 8.25. The Morgan fingerprint density at radius 2 is 1.93 bits per heavy atom. The van der Waals surface area contributed by atoms with Crippen LogP contribution in [0, 0.1) is 6.92 Å². The van der Waals surface area contributed by atoms with Crippen molar-refractivity contribution in [3.8, 4) is 0 Å². The van der Waals surface area contributed by atoms with Crippen LogP contribution < -0.4 is 10.6 Å². The Kier molecular flexibility index (Phi) is 6.67. The standard InChI is InChI=1S/C17H21F3N6O/c1-11-12-7-4-5-8-13(12)23-16(22-11)25-15(21-9-6-10-26(2)3)24-14(27)17(18,19)20/h4-5,7-8H,6,9-10H2,1-3H3,(H2,21,22,23,24,25,27). The fraction of sp³-hybridized carbons (Fsp3) is 0.412. The summed E-state index contributed by atoms with van der Waals surface area (Å²) in [7, 11) is 3.76. The molecule has 1 heterocycles. The van der Waals surface area contributed by atoms with E-state index in [0.29, 0.717) is 24.2 Å². The molecule has 1 amide bonds. The molecule has 2 aromatic rings. The zero-order valence-corrected chi connectivity index (χ0v) is 15.3. The molecule has 0 saturated heterocycles. The molecule has 146 valence electrons. The number of para-hydroxylation sites is 1. The SMILES string of the molecule is Cc1nc(N/C(=N/C(=O)C(F)(F)F)NCCCN(C)C)nc2ccccc12. The topological polar surface area (TPSA) is 82.5 Å². The van der Waals surface area contributed by atoms with E-state index in [1.54, 1.807) is 19.1 Å². The number of guanidine groups is 1. The molecule has 0 fully saturated rings. The highest BCUT2D eigenvalue weighted by Crippen LogP contribution is 2.18. The number of anilines is 1. The van der Waals surface area contributed by atoms with Crippen LogP contribution in [0.3, 0.4) is 0 Å². The van der Waals surface area contributed by atoms with Crippen LogP contribution in [0.25, 0.3) is 10.9 Å². The lowest BCUT2D eigenvalue weighted by Gasteiger charge is -2.14. The third-order valence-corrected chi connectivity index (χ3v) is 3.55. The molecule has 27 heavy (non-hydrogen) atoms. The number of aliphatic imine (C=N–C) groups is 1. The predicted octanol–water partition coefficient (Wildman–Crippen LogP) is 2.34.